The molecule has 0 fully saturated rings. The summed E-state index contributed by atoms with van der Waals surface area (Å²) in [5.74, 6) is -0.979. The second kappa shape index (κ2) is 9.84. The van der Waals surface area contributed by atoms with Crippen molar-refractivity contribution in [3.05, 3.63) is 64.2 Å². The zero-order valence-electron chi connectivity index (χ0n) is 16.7. The van der Waals surface area contributed by atoms with Gasteiger partial charge in [-0.15, -0.1) is 11.3 Å². The van der Waals surface area contributed by atoms with E-state index in [0.29, 0.717) is 4.88 Å². The molecular weight excluding hydrogens is 404 g/mol. The van der Waals surface area contributed by atoms with Crippen molar-refractivity contribution in [2.75, 3.05) is 18.5 Å². The Balaban J connectivity index is 1.72. The van der Waals surface area contributed by atoms with Crippen molar-refractivity contribution in [1.29, 1.82) is 0 Å². The average molecular weight is 426 g/mol. The highest BCUT2D eigenvalue weighted by atomic mass is 32.1. The summed E-state index contributed by atoms with van der Waals surface area (Å²) in [4.78, 5) is 41.5. The zero-order chi connectivity index (χ0) is 21.5. The fraction of sp³-hybridized carbons (Fsp3) is 0.238. The molecule has 3 aromatic rings. The fourth-order valence-electron chi connectivity index (χ4n) is 2.70. The number of aryl methyl sites for hydroxylation is 1. The van der Waals surface area contributed by atoms with Crippen molar-refractivity contribution < 1.29 is 19.1 Å². The van der Waals surface area contributed by atoms with Crippen molar-refractivity contribution in [1.82, 2.24) is 14.9 Å². The Morgan fingerprint density at radius 3 is 2.60 bits per heavy atom. The number of benzene rings is 1. The molecule has 2 aromatic heterocycles. The summed E-state index contributed by atoms with van der Waals surface area (Å²) in [6, 6.07) is 11.1. The van der Waals surface area contributed by atoms with Crippen LogP contribution in [0.5, 0.6) is 0 Å². The summed E-state index contributed by atoms with van der Waals surface area (Å²) in [6.45, 7) is 4.02. The van der Waals surface area contributed by atoms with Gasteiger partial charge < -0.3 is 15.4 Å². The van der Waals surface area contributed by atoms with Gasteiger partial charge in [-0.1, -0.05) is 23.8 Å². The number of ether oxygens (including phenoxy) is 1. The molecule has 0 saturated carbocycles. The second-order valence-electron chi connectivity index (χ2n) is 6.40. The molecule has 2 amide bonds. The van der Waals surface area contributed by atoms with E-state index in [9.17, 15) is 14.4 Å². The van der Waals surface area contributed by atoms with Crippen LogP contribution in [-0.4, -0.2) is 40.5 Å². The highest BCUT2D eigenvalue weighted by molar-refractivity contribution is 7.12. The lowest BCUT2D eigenvalue weighted by Gasteiger charge is -2.12. The monoisotopic (exact) mass is 426 g/mol. The van der Waals surface area contributed by atoms with Crippen LogP contribution >= 0.6 is 11.3 Å². The molecule has 0 unspecified atom stereocenters. The van der Waals surface area contributed by atoms with Crippen LogP contribution in [0.15, 0.2) is 48.1 Å². The van der Waals surface area contributed by atoms with Crippen LogP contribution < -0.4 is 10.6 Å². The van der Waals surface area contributed by atoms with Gasteiger partial charge in [0.1, 0.15) is 6.33 Å². The quantitative estimate of drug-likeness (QED) is 0.539. The standard InChI is InChI=1S/C21H22N4O4S/c1-3-29-21(28)18-19(25(13-23-18)15-8-6-14(2)7-9-15)24-17(26)10-11-22-20(27)16-5-4-12-30-16/h4-9,12-13H,3,10-11H2,1-2H3,(H,22,27)(H,24,26). The molecule has 0 aliphatic rings. The Morgan fingerprint density at radius 2 is 1.93 bits per heavy atom. The first-order valence-electron chi connectivity index (χ1n) is 9.42. The molecule has 0 aliphatic carbocycles. The molecule has 8 nitrogen and oxygen atoms in total. The number of imidazole rings is 1. The van der Waals surface area contributed by atoms with Gasteiger partial charge in [0.25, 0.3) is 5.91 Å². The van der Waals surface area contributed by atoms with Crippen molar-refractivity contribution in [2.24, 2.45) is 0 Å². The number of esters is 1. The van der Waals surface area contributed by atoms with Gasteiger partial charge in [-0.05, 0) is 37.4 Å². The number of nitrogens with one attached hydrogen (secondary N) is 2. The number of aromatic nitrogens is 2. The number of hydrogen-bond acceptors (Lipinski definition) is 6. The second-order valence-corrected chi connectivity index (χ2v) is 7.35. The number of rotatable bonds is 8. The normalized spacial score (nSPS) is 10.5. The highest BCUT2D eigenvalue weighted by Crippen LogP contribution is 2.22. The first kappa shape index (κ1) is 21.3. The first-order chi connectivity index (χ1) is 14.5. The van der Waals surface area contributed by atoms with E-state index < -0.39 is 5.97 Å². The van der Waals surface area contributed by atoms with Crippen LogP contribution in [0.2, 0.25) is 0 Å². The van der Waals surface area contributed by atoms with E-state index in [1.165, 1.54) is 17.7 Å². The number of carbonyl (C=O) groups is 3. The maximum atomic E-state index is 12.5. The van der Waals surface area contributed by atoms with Crippen molar-refractivity contribution in [3.63, 3.8) is 0 Å². The lowest BCUT2D eigenvalue weighted by atomic mass is 10.2. The van der Waals surface area contributed by atoms with E-state index in [0.717, 1.165) is 11.3 Å². The summed E-state index contributed by atoms with van der Waals surface area (Å²) in [5.41, 5.74) is 1.84. The SMILES string of the molecule is CCOC(=O)c1ncn(-c2ccc(C)cc2)c1NC(=O)CCNC(=O)c1cccs1. The third kappa shape index (κ3) is 5.12. The van der Waals surface area contributed by atoms with Gasteiger partial charge in [-0.2, -0.15) is 0 Å². The van der Waals surface area contributed by atoms with E-state index in [1.54, 1.807) is 23.6 Å². The molecule has 0 aliphatic heterocycles. The summed E-state index contributed by atoms with van der Waals surface area (Å²) in [5, 5.41) is 7.24. The smallest absolute Gasteiger partial charge is 0.360 e. The van der Waals surface area contributed by atoms with E-state index in [1.807, 2.05) is 36.6 Å². The molecular formula is C21H22N4O4S. The maximum absolute atomic E-state index is 12.5. The lowest BCUT2D eigenvalue weighted by Crippen LogP contribution is -2.27. The maximum Gasteiger partial charge on any atom is 0.360 e. The lowest BCUT2D eigenvalue weighted by molar-refractivity contribution is -0.116. The minimum Gasteiger partial charge on any atom is -0.461 e. The largest absolute Gasteiger partial charge is 0.461 e. The van der Waals surface area contributed by atoms with Crippen LogP contribution in [-0.2, 0) is 9.53 Å². The van der Waals surface area contributed by atoms with Crippen LogP contribution in [0.3, 0.4) is 0 Å². The topological polar surface area (TPSA) is 102 Å². The van der Waals surface area contributed by atoms with E-state index in [2.05, 4.69) is 15.6 Å². The van der Waals surface area contributed by atoms with E-state index >= 15 is 0 Å². The molecule has 3 rings (SSSR count). The van der Waals surface area contributed by atoms with Crippen LogP contribution in [0, 0.1) is 6.92 Å². The van der Waals surface area contributed by atoms with Crippen LogP contribution in [0.25, 0.3) is 5.69 Å². The Labute approximate surface area is 177 Å². The van der Waals surface area contributed by atoms with Crippen molar-refractivity contribution >= 4 is 34.9 Å². The first-order valence-corrected chi connectivity index (χ1v) is 10.3. The molecule has 2 N–H and O–H groups in total. The number of amides is 2. The Kier molecular flexibility index (Phi) is 6.97. The third-order valence-corrected chi connectivity index (χ3v) is 5.06. The number of thiophene rings is 1. The van der Waals surface area contributed by atoms with Crippen LogP contribution in [0.4, 0.5) is 5.82 Å². The molecule has 2 heterocycles. The van der Waals surface area contributed by atoms with Gasteiger partial charge in [0.15, 0.2) is 11.5 Å². The fourth-order valence-corrected chi connectivity index (χ4v) is 3.34. The minimum atomic E-state index is -0.621. The molecule has 30 heavy (non-hydrogen) atoms. The van der Waals surface area contributed by atoms with Gasteiger partial charge in [-0.3, -0.25) is 14.2 Å². The highest BCUT2D eigenvalue weighted by Gasteiger charge is 2.22. The number of nitrogens with zero attached hydrogens (tertiary/aromatic N) is 2. The van der Waals surface area contributed by atoms with Gasteiger partial charge in [0, 0.05) is 18.7 Å². The number of carbonyl (C=O) groups excluding carboxylic acids is 3. The Morgan fingerprint density at radius 1 is 1.17 bits per heavy atom. The van der Waals surface area contributed by atoms with Crippen molar-refractivity contribution in [2.45, 2.75) is 20.3 Å². The van der Waals surface area contributed by atoms with Crippen LogP contribution in [0.1, 0.15) is 39.1 Å². The zero-order valence-corrected chi connectivity index (χ0v) is 17.5. The van der Waals surface area contributed by atoms with Gasteiger partial charge in [-0.25, -0.2) is 9.78 Å². The molecule has 156 valence electrons. The number of anilines is 1. The number of hydrogen-bond donors (Lipinski definition) is 2. The van der Waals surface area contributed by atoms with Crippen molar-refractivity contribution in [3.8, 4) is 5.69 Å². The molecule has 0 atom stereocenters. The Hall–Kier alpha value is -3.46. The van der Waals surface area contributed by atoms with Gasteiger partial charge >= 0.3 is 5.97 Å². The average Bonchev–Trinajstić information content (AvgIpc) is 3.39. The summed E-state index contributed by atoms with van der Waals surface area (Å²) < 4.78 is 6.67. The predicted octanol–water partition coefficient (Wildman–Crippen LogP) is 3.18. The molecule has 0 spiro atoms. The molecule has 0 bridgehead atoms. The summed E-state index contributed by atoms with van der Waals surface area (Å²) in [7, 11) is 0. The molecule has 0 saturated heterocycles. The predicted molar refractivity (Wildman–Crippen MR) is 114 cm³/mol. The van der Waals surface area contributed by atoms with E-state index in [-0.39, 0.29) is 42.9 Å². The third-order valence-electron chi connectivity index (χ3n) is 4.19. The van der Waals surface area contributed by atoms with Gasteiger partial charge in [0.2, 0.25) is 5.91 Å². The van der Waals surface area contributed by atoms with E-state index in [4.69, 9.17) is 4.74 Å². The van der Waals surface area contributed by atoms with Gasteiger partial charge in [0.05, 0.1) is 11.5 Å². The molecule has 0 radical (unpaired) electrons. The summed E-state index contributed by atoms with van der Waals surface area (Å²) >= 11 is 1.33. The summed E-state index contributed by atoms with van der Waals surface area (Å²) in [6.07, 6.45) is 1.50. The molecule has 1 aromatic carbocycles. The minimum absolute atomic E-state index is 0.0217. The molecule has 9 heteroatoms. The Bertz CT molecular complexity index is 1030.